The predicted molar refractivity (Wildman–Crippen MR) is 102 cm³/mol. The van der Waals surface area contributed by atoms with Gasteiger partial charge in [-0.05, 0) is 32.0 Å². The number of rotatable bonds is 3. The lowest BCUT2D eigenvalue weighted by Gasteiger charge is -2.09. The lowest BCUT2D eigenvalue weighted by atomic mass is 10.2. The van der Waals surface area contributed by atoms with Gasteiger partial charge in [0.05, 0.1) is 33.9 Å². The third-order valence-corrected chi connectivity index (χ3v) is 4.60. The number of ether oxygens (including phenoxy) is 1. The van der Waals surface area contributed by atoms with E-state index in [0.717, 1.165) is 0 Å². The Bertz CT molecular complexity index is 1260. The molecule has 4 aromatic rings. The van der Waals surface area contributed by atoms with Crippen LogP contribution in [0.25, 0.3) is 22.2 Å². The molecule has 4 rings (SSSR count). The van der Waals surface area contributed by atoms with Crippen LogP contribution in [0.4, 0.5) is 0 Å². The summed E-state index contributed by atoms with van der Waals surface area (Å²) in [5.74, 6) is -0.485. The topological polar surface area (TPSA) is 78.5 Å². The minimum atomic E-state index is -0.485. The van der Waals surface area contributed by atoms with Gasteiger partial charge in [0.25, 0.3) is 5.56 Å². The second-order valence-electron chi connectivity index (χ2n) is 5.92. The molecule has 0 spiro atoms. The number of hydrogen-bond donors (Lipinski definition) is 0. The van der Waals surface area contributed by atoms with E-state index in [1.807, 2.05) is 6.07 Å². The van der Waals surface area contributed by atoms with Gasteiger partial charge in [-0.2, -0.15) is 5.10 Å². The summed E-state index contributed by atoms with van der Waals surface area (Å²) in [5, 5.41) is 5.21. The first-order valence-electron chi connectivity index (χ1n) is 8.34. The second-order valence-corrected chi connectivity index (χ2v) is 6.32. The zero-order chi connectivity index (χ0) is 19.1. The Hall–Kier alpha value is -3.19. The molecular weight excluding hydrogens is 368 g/mol. The number of aromatic nitrogens is 4. The maximum absolute atomic E-state index is 13.0. The van der Waals surface area contributed by atoms with E-state index < -0.39 is 5.97 Å². The zero-order valence-corrected chi connectivity index (χ0v) is 15.4. The molecule has 0 aliphatic rings. The molecule has 3 heterocycles. The summed E-state index contributed by atoms with van der Waals surface area (Å²) in [7, 11) is 0. The molecule has 0 atom stereocenters. The maximum Gasteiger partial charge on any atom is 0.343 e. The van der Waals surface area contributed by atoms with Crippen LogP contribution in [0.5, 0.6) is 0 Å². The van der Waals surface area contributed by atoms with Crippen LogP contribution >= 0.6 is 11.6 Å². The molecule has 0 aliphatic heterocycles. The van der Waals surface area contributed by atoms with Crippen LogP contribution in [-0.4, -0.2) is 31.7 Å². The Morgan fingerprint density at radius 3 is 2.78 bits per heavy atom. The fraction of sp³-hybridized carbons (Fsp3) is 0.158. The molecule has 0 aliphatic carbocycles. The summed E-state index contributed by atoms with van der Waals surface area (Å²) >= 11 is 6.22. The van der Waals surface area contributed by atoms with Gasteiger partial charge in [-0.15, -0.1) is 0 Å². The fourth-order valence-electron chi connectivity index (χ4n) is 3.06. The van der Waals surface area contributed by atoms with Crippen molar-refractivity contribution in [1.82, 2.24) is 19.2 Å². The smallest absolute Gasteiger partial charge is 0.343 e. The van der Waals surface area contributed by atoms with Crippen LogP contribution in [-0.2, 0) is 4.74 Å². The third-order valence-electron chi connectivity index (χ3n) is 4.28. The van der Waals surface area contributed by atoms with Gasteiger partial charge in [-0.1, -0.05) is 23.7 Å². The SMILES string of the molecule is CCOC(=O)c1c(C)nn2c1ncc1c(=O)n(-c3ccccc3Cl)ccc12. The number of hydrogen-bond acceptors (Lipinski definition) is 5. The highest BCUT2D eigenvalue weighted by atomic mass is 35.5. The van der Waals surface area contributed by atoms with Crippen molar-refractivity contribution in [3.63, 3.8) is 0 Å². The van der Waals surface area contributed by atoms with E-state index in [9.17, 15) is 9.59 Å². The van der Waals surface area contributed by atoms with Crippen molar-refractivity contribution in [2.45, 2.75) is 13.8 Å². The molecule has 8 heteroatoms. The van der Waals surface area contributed by atoms with Gasteiger partial charge >= 0.3 is 5.97 Å². The number of halogens is 1. The monoisotopic (exact) mass is 382 g/mol. The average Bonchev–Trinajstić information content (AvgIpc) is 2.99. The molecule has 7 nitrogen and oxygen atoms in total. The van der Waals surface area contributed by atoms with Crippen LogP contribution in [0.15, 0.2) is 47.5 Å². The number of pyridine rings is 1. The van der Waals surface area contributed by atoms with E-state index in [1.165, 1.54) is 15.3 Å². The molecular formula is C19H15ClN4O3. The number of esters is 1. The Balaban J connectivity index is 1.99. The van der Waals surface area contributed by atoms with Gasteiger partial charge < -0.3 is 4.74 Å². The van der Waals surface area contributed by atoms with Crippen molar-refractivity contribution >= 4 is 34.1 Å². The summed E-state index contributed by atoms with van der Waals surface area (Å²) < 4.78 is 8.04. The molecule has 0 saturated heterocycles. The molecule has 0 unspecified atom stereocenters. The van der Waals surface area contributed by atoms with Crippen LogP contribution in [0, 0.1) is 6.92 Å². The molecule has 0 N–H and O–H groups in total. The first-order valence-corrected chi connectivity index (χ1v) is 8.72. The Morgan fingerprint density at radius 1 is 1.26 bits per heavy atom. The quantitative estimate of drug-likeness (QED) is 0.508. The lowest BCUT2D eigenvalue weighted by Crippen LogP contribution is -2.19. The number of nitrogens with zero attached hydrogens (tertiary/aromatic N) is 4. The zero-order valence-electron chi connectivity index (χ0n) is 14.6. The van der Waals surface area contributed by atoms with Crippen LogP contribution in [0.2, 0.25) is 5.02 Å². The highest BCUT2D eigenvalue weighted by Crippen LogP contribution is 2.22. The number of carbonyl (C=O) groups excluding carboxylic acids is 1. The molecule has 0 bridgehead atoms. The molecule has 136 valence electrons. The predicted octanol–water partition coefficient (Wildman–Crippen LogP) is 3.17. The summed E-state index contributed by atoms with van der Waals surface area (Å²) in [6, 6.07) is 8.83. The number of carbonyl (C=O) groups is 1. The standard InChI is InChI=1S/C19H15ClN4O3/c1-3-27-19(26)16-11(2)22-24-14-8-9-23(15-7-5-4-6-13(15)20)18(25)12(14)10-21-17(16)24/h4-10H,3H2,1-2H3. The van der Waals surface area contributed by atoms with Crippen LogP contribution in [0.1, 0.15) is 23.0 Å². The number of aryl methyl sites for hydroxylation is 1. The van der Waals surface area contributed by atoms with E-state index in [2.05, 4.69) is 10.1 Å². The van der Waals surface area contributed by atoms with Crippen LogP contribution in [0.3, 0.4) is 0 Å². The van der Waals surface area contributed by atoms with E-state index in [1.54, 1.807) is 44.3 Å². The first kappa shape index (κ1) is 17.2. The fourth-order valence-corrected chi connectivity index (χ4v) is 3.28. The van der Waals surface area contributed by atoms with Crippen molar-refractivity contribution in [1.29, 1.82) is 0 Å². The van der Waals surface area contributed by atoms with Gasteiger partial charge in [-0.25, -0.2) is 14.3 Å². The lowest BCUT2D eigenvalue weighted by molar-refractivity contribution is 0.0527. The first-order chi connectivity index (χ1) is 13.0. The van der Waals surface area contributed by atoms with Gasteiger partial charge in [0.15, 0.2) is 5.65 Å². The van der Waals surface area contributed by atoms with Gasteiger partial charge in [0, 0.05) is 12.4 Å². The summed E-state index contributed by atoms with van der Waals surface area (Å²) in [4.78, 5) is 29.5. The number of fused-ring (bicyclic) bond motifs is 3. The normalized spacial score (nSPS) is 11.2. The molecule has 3 aromatic heterocycles. The largest absolute Gasteiger partial charge is 0.462 e. The van der Waals surface area contributed by atoms with Crippen molar-refractivity contribution in [3.8, 4) is 5.69 Å². The third kappa shape index (κ3) is 2.67. The van der Waals surface area contributed by atoms with Crippen molar-refractivity contribution in [2.75, 3.05) is 6.61 Å². The summed E-state index contributed by atoms with van der Waals surface area (Å²) in [6.07, 6.45) is 3.08. The minimum Gasteiger partial charge on any atom is -0.462 e. The maximum atomic E-state index is 13.0. The van der Waals surface area contributed by atoms with Crippen molar-refractivity contribution < 1.29 is 9.53 Å². The average molecular weight is 383 g/mol. The molecule has 0 amide bonds. The highest BCUT2D eigenvalue weighted by Gasteiger charge is 2.21. The summed E-state index contributed by atoms with van der Waals surface area (Å²) in [5.41, 5.74) is 1.99. The Kier molecular flexibility index (Phi) is 4.16. The Labute approximate surface area is 158 Å². The van der Waals surface area contributed by atoms with Crippen LogP contribution < -0.4 is 5.56 Å². The van der Waals surface area contributed by atoms with Gasteiger partial charge in [-0.3, -0.25) is 9.36 Å². The highest BCUT2D eigenvalue weighted by molar-refractivity contribution is 6.32. The van der Waals surface area contributed by atoms with Gasteiger partial charge in [0.1, 0.15) is 5.56 Å². The molecule has 0 saturated carbocycles. The number of para-hydroxylation sites is 1. The molecule has 0 fully saturated rings. The molecule has 1 aromatic carbocycles. The molecule has 27 heavy (non-hydrogen) atoms. The van der Waals surface area contributed by atoms with E-state index in [0.29, 0.717) is 38.5 Å². The van der Waals surface area contributed by atoms with E-state index in [-0.39, 0.29) is 12.2 Å². The minimum absolute atomic E-state index is 0.256. The van der Waals surface area contributed by atoms with Crippen molar-refractivity contribution in [3.05, 3.63) is 69.4 Å². The van der Waals surface area contributed by atoms with Gasteiger partial charge in [0.2, 0.25) is 0 Å². The molecule has 0 radical (unpaired) electrons. The van der Waals surface area contributed by atoms with Crippen molar-refractivity contribution in [2.24, 2.45) is 0 Å². The van der Waals surface area contributed by atoms with E-state index >= 15 is 0 Å². The van der Waals surface area contributed by atoms with E-state index in [4.69, 9.17) is 16.3 Å². The second kappa shape index (κ2) is 6.51. The summed E-state index contributed by atoms with van der Waals surface area (Å²) in [6.45, 7) is 3.70. The Morgan fingerprint density at radius 2 is 2.04 bits per heavy atom. The number of benzene rings is 1.